The Hall–Kier alpha value is -5.64. The summed E-state index contributed by atoms with van der Waals surface area (Å²) in [7, 11) is 0. The van der Waals surface area contributed by atoms with Crippen LogP contribution in [0.1, 0.15) is 244 Å². The summed E-state index contributed by atoms with van der Waals surface area (Å²) in [6.45, 7) is 27.9. The summed E-state index contributed by atoms with van der Waals surface area (Å²) in [5.74, 6) is -0.561. The molecule has 12 aliphatic rings. The van der Waals surface area contributed by atoms with Crippen LogP contribution in [-0.2, 0) is 38.4 Å². The largest absolute Gasteiger partial charge is 0.481 e. The number of aliphatic hydroxyl groups excluding tert-OH is 3. The zero-order chi connectivity index (χ0) is 70.8. The van der Waals surface area contributed by atoms with Crippen molar-refractivity contribution in [2.24, 2.45) is 96.6 Å². The second kappa shape index (κ2) is 27.8. The van der Waals surface area contributed by atoms with Gasteiger partial charge in [0.15, 0.2) is 0 Å². The average Bonchev–Trinajstić information content (AvgIpc) is 1.56. The third-order valence-corrected chi connectivity index (χ3v) is 28.1. The van der Waals surface area contributed by atoms with E-state index in [1.807, 2.05) is 32.1 Å². The van der Waals surface area contributed by atoms with Gasteiger partial charge in [-0.2, -0.15) is 0 Å². The molecule has 15 nitrogen and oxygen atoms in total. The Morgan fingerprint density at radius 1 is 0.438 bits per heavy atom. The number of hydrogen-bond acceptors (Lipinski definition) is 11. The van der Waals surface area contributed by atoms with Crippen LogP contribution in [0.5, 0.6) is 0 Å². The Morgan fingerprint density at radius 3 is 1.15 bits per heavy atom. The van der Waals surface area contributed by atoms with Crippen molar-refractivity contribution in [3.8, 4) is 0 Å². The first kappa shape index (κ1) is 74.6. The summed E-state index contributed by atoms with van der Waals surface area (Å²) >= 11 is 0. The standard InChI is InChI=1S/C21H32O3.2C20H28O4.C20H26O4/c1-13(2)16-7-8-21(19(23)24)10-9-20(4)14(3)11-15(12-22)5-6-17(20)18(16)21;3*1-12(2)14-6-7-20(18(23)24)9-8-19(3)15(17(14)20)5-4-13(11-21)10-16(19)22/h5,13-14,17,22H,6-12H2,1-4H3,(H,23,24);4,12,15,21H,5-11H2,1-3H3,(H,23,24);4,11-12,15-16,22H,5-10H2,1-3H3,(H,23,24);4,11-12,15H,5-10H2,1-3H3,(H,23,24)/t14?,17-,20+,21+;15-,19-,20+;15-,16?,19-,20+;15-,19-,20+/m1111/s1. The molecule has 0 heterocycles. The van der Waals surface area contributed by atoms with Gasteiger partial charge < -0.3 is 35.7 Å². The van der Waals surface area contributed by atoms with E-state index in [1.54, 1.807) is 0 Å². The van der Waals surface area contributed by atoms with Crippen molar-refractivity contribution >= 4 is 48.0 Å². The number of aliphatic carboxylic acids is 4. The van der Waals surface area contributed by atoms with E-state index in [-0.39, 0.29) is 65.7 Å². The lowest BCUT2D eigenvalue weighted by Crippen LogP contribution is -2.49. The van der Waals surface area contributed by atoms with Crippen LogP contribution in [0.4, 0.5) is 0 Å². The first-order chi connectivity index (χ1) is 45.0. The number of carbonyl (C=O) groups is 8. The third kappa shape index (κ3) is 12.3. The lowest BCUT2D eigenvalue weighted by molar-refractivity contribution is -0.152. The molecule has 0 amide bonds. The van der Waals surface area contributed by atoms with Gasteiger partial charge in [0.25, 0.3) is 0 Å². The first-order valence-corrected chi connectivity index (χ1v) is 36.5. The minimum atomic E-state index is -0.802. The monoisotopic (exact) mass is 1330 g/mol. The van der Waals surface area contributed by atoms with E-state index < -0.39 is 62.5 Å². The highest BCUT2D eigenvalue weighted by atomic mass is 16.4. The number of aliphatic hydroxyl groups is 3. The number of carboxylic acids is 4. The number of hydrogen-bond donors (Lipinski definition) is 7. The van der Waals surface area contributed by atoms with Crippen LogP contribution in [0.15, 0.2) is 91.2 Å². The van der Waals surface area contributed by atoms with Gasteiger partial charge in [0, 0.05) is 35.5 Å². The maximum absolute atomic E-state index is 13.0. The molecule has 528 valence electrons. The predicted octanol–water partition coefficient (Wildman–Crippen LogP) is 15.3. The van der Waals surface area contributed by atoms with Crippen molar-refractivity contribution in [1.82, 2.24) is 0 Å². The fourth-order valence-corrected chi connectivity index (χ4v) is 21.5. The van der Waals surface area contributed by atoms with Crippen LogP contribution < -0.4 is 0 Å². The van der Waals surface area contributed by atoms with Crippen LogP contribution in [0.2, 0.25) is 0 Å². The van der Waals surface area contributed by atoms with Crippen LogP contribution >= 0.6 is 0 Å². The Bertz CT molecular complexity index is 3430. The number of aldehydes is 2. The van der Waals surface area contributed by atoms with Gasteiger partial charge in [-0.3, -0.25) is 38.4 Å². The lowest BCUT2D eigenvalue weighted by Gasteiger charge is -2.51. The first-order valence-electron chi connectivity index (χ1n) is 36.5. The number of rotatable bonds is 12. The van der Waals surface area contributed by atoms with Crippen LogP contribution in [0.3, 0.4) is 0 Å². The highest BCUT2D eigenvalue weighted by Gasteiger charge is 2.64. The van der Waals surface area contributed by atoms with E-state index in [9.17, 15) is 74.1 Å². The minimum absolute atomic E-state index is 0.00898. The quantitative estimate of drug-likeness (QED) is 0.0707. The number of fused-ring (bicyclic) bond motifs is 12. The molecule has 12 rings (SSSR count). The van der Waals surface area contributed by atoms with Crippen molar-refractivity contribution in [2.45, 2.75) is 250 Å². The molecule has 0 aromatic rings. The molecule has 0 aliphatic heterocycles. The normalized spacial score (nSPS) is 37.7. The summed E-state index contributed by atoms with van der Waals surface area (Å²) < 4.78 is 0. The summed E-state index contributed by atoms with van der Waals surface area (Å²) in [6.07, 6.45) is 25.1. The molecule has 0 aromatic heterocycles. The van der Waals surface area contributed by atoms with Gasteiger partial charge in [-0.05, 0) is 238 Å². The number of carboxylic acid groups (broad SMARTS) is 4. The molecule has 0 radical (unpaired) electrons. The van der Waals surface area contributed by atoms with Crippen molar-refractivity contribution in [3.63, 3.8) is 0 Å². The minimum Gasteiger partial charge on any atom is -0.481 e. The topological polar surface area (TPSA) is 278 Å². The van der Waals surface area contributed by atoms with E-state index in [0.29, 0.717) is 131 Å². The Kier molecular flexibility index (Phi) is 21.6. The summed E-state index contributed by atoms with van der Waals surface area (Å²) in [5, 5.41) is 70.2. The van der Waals surface area contributed by atoms with E-state index in [4.69, 9.17) is 0 Å². The smallest absolute Gasteiger partial charge is 0.313 e. The molecule has 0 bridgehead atoms. The molecule has 2 unspecified atom stereocenters. The molecule has 7 N–H and O–H groups in total. The third-order valence-electron chi connectivity index (χ3n) is 28.1. The fourth-order valence-electron chi connectivity index (χ4n) is 21.5. The van der Waals surface area contributed by atoms with Gasteiger partial charge in [-0.25, -0.2) is 0 Å². The van der Waals surface area contributed by atoms with Crippen molar-refractivity contribution in [2.75, 3.05) is 13.2 Å². The van der Waals surface area contributed by atoms with E-state index >= 15 is 0 Å². The molecule has 96 heavy (non-hydrogen) atoms. The van der Waals surface area contributed by atoms with Crippen molar-refractivity contribution in [3.05, 3.63) is 91.2 Å². The van der Waals surface area contributed by atoms with E-state index in [1.165, 1.54) is 27.9 Å². The van der Waals surface area contributed by atoms with Crippen LogP contribution in [0, 0.1) is 96.6 Å². The average molecular weight is 1330 g/mol. The Labute approximate surface area is 570 Å². The van der Waals surface area contributed by atoms with Crippen LogP contribution in [-0.4, -0.2) is 103 Å². The van der Waals surface area contributed by atoms with E-state index in [2.05, 4.69) is 82.2 Å². The lowest BCUT2D eigenvalue weighted by atomic mass is 9.52. The predicted molar refractivity (Wildman–Crippen MR) is 369 cm³/mol. The molecule has 0 saturated heterocycles. The molecule has 12 aliphatic carbocycles. The highest BCUT2D eigenvalue weighted by Crippen LogP contribution is 2.68. The highest BCUT2D eigenvalue weighted by molar-refractivity contribution is 5.95. The SMILES string of the molecule is CC(C)C1=C2[C@H]3CC=C(C=O)CC(=O)[C@]3(C)CC[C@@]2(C(=O)O)CC1.CC(C)C1=C2[C@H]3CC=C(C=O)CC(O)[C@]3(C)CC[C@@]2(C(=O)O)CC1.CC(C)C1=C2[C@H]3CC=C(CO)CC(=O)[C@]3(C)CC[C@@]2(C(=O)O)CC1.CC(C)C1=C2[C@H]3CC=C(CO)CC(C)[C@]3(C)CC[C@@]2(C(=O)O)CC1. The molecule has 0 aromatic carbocycles. The van der Waals surface area contributed by atoms with Gasteiger partial charge in [-0.15, -0.1) is 0 Å². The zero-order valence-electron chi connectivity index (χ0n) is 60.0. The molecule has 4 fully saturated rings. The molecular weight excluding hydrogens is 1210 g/mol. The number of carbonyl (C=O) groups excluding carboxylic acids is 4. The van der Waals surface area contributed by atoms with Gasteiger partial charge in [-0.1, -0.05) is 137 Å². The number of Topliss-reactive ketones (excluding diaryl/α,β-unsaturated/α-hetero) is 2. The second-order valence-corrected chi connectivity index (χ2v) is 33.8. The van der Waals surface area contributed by atoms with Crippen molar-refractivity contribution < 1.29 is 74.1 Å². The molecule has 14 atom stereocenters. The van der Waals surface area contributed by atoms with Crippen molar-refractivity contribution in [1.29, 1.82) is 0 Å². The number of ketones is 2. The van der Waals surface area contributed by atoms with Gasteiger partial charge in [0.05, 0.1) is 41.0 Å². The van der Waals surface area contributed by atoms with Crippen LogP contribution in [0.25, 0.3) is 0 Å². The maximum atomic E-state index is 13.0. The fraction of sp³-hybridized carbons (Fsp3) is 0.704. The maximum Gasteiger partial charge on any atom is 0.313 e. The van der Waals surface area contributed by atoms with E-state index in [0.717, 1.165) is 98.2 Å². The number of allylic oxidation sites excluding steroid dienone is 9. The Balaban J connectivity index is 0.000000150. The molecule has 15 heteroatoms. The zero-order valence-corrected chi connectivity index (χ0v) is 60.0. The molecular formula is C81H114O15. The van der Waals surface area contributed by atoms with Gasteiger partial charge in [0.1, 0.15) is 24.1 Å². The summed E-state index contributed by atoms with van der Waals surface area (Å²) in [6, 6.07) is 0. The summed E-state index contributed by atoms with van der Waals surface area (Å²) in [5.41, 5.74) is 8.37. The molecule has 0 spiro atoms. The summed E-state index contributed by atoms with van der Waals surface area (Å²) in [4.78, 5) is 97.3. The second-order valence-electron chi connectivity index (χ2n) is 33.8. The van der Waals surface area contributed by atoms with Gasteiger partial charge >= 0.3 is 23.9 Å². The molecule has 4 saturated carbocycles. The van der Waals surface area contributed by atoms with Gasteiger partial charge in [0.2, 0.25) is 0 Å². The Morgan fingerprint density at radius 2 is 0.760 bits per heavy atom.